The molecule has 5 heteroatoms. The molecule has 0 aliphatic carbocycles. The second-order valence-electron chi connectivity index (χ2n) is 5.93. The smallest absolute Gasteiger partial charge is 0.315 e. The summed E-state index contributed by atoms with van der Waals surface area (Å²) in [5.74, 6) is 0.835. The minimum absolute atomic E-state index is 0.00418. The molecule has 2 N–H and O–H groups in total. The minimum atomic E-state index is -0.181. The first kappa shape index (κ1) is 17.1. The number of nitrogens with zero attached hydrogens (tertiary/aromatic N) is 1. The van der Waals surface area contributed by atoms with E-state index in [9.17, 15) is 4.79 Å². The van der Waals surface area contributed by atoms with Gasteiger partial charge in [-0.05, 0) is 51.2 Å². The van der Waals surface area contributed by atoms with Crippen LogP contribution in [0.1, 0.15) is 35.9 Å². The van der Waals surface area contributed by atoms with Gasteiger partial charge in [-0.1, -0.05) is 24.3 Å². The van der Waals surface area contributed by atoms with E-state index < -0.39 is 0 Å². The Labute approximate surface area is 137 Å². The average molecular weight is 315 g/mol. The average Bonchev–Trinajstić information content (AvgIpc) is 3.01. The van der Waals surface area contributed by atoms with Crippen LogP contribution in [0.15, 0.2) is 47.1 Å². The molecule has 0 aliphatic rings. The first-order valence-electron chi connectivity index (χ1n) is 7.78. The number of rotatable bonds is 6. The molecule has 0 radical (unpaired) electrons. The summed E-state index contributed by atoms with van der Waals surface area (Å²) in [5.41, 5.74) is 2.29. The van der Waals surface area contributed by atoms with Gasteiger partial charge in [0, 0.05) is 6.54 Å². The van der Waals surface area contributed by atoms with Crippen LogP contribution in [-0.2, 0) is 0 Å². The fraction of sp³-hybridized carbons (Fsp3) is 0.389. The molecule has 2 rings (SSSR count). The summed E-state index contributed by atoms with van der Waals surface area (Å²) < 4.78 is 5.44. The first-order valence-corrected chi connectivity index (χ1v) is 7.78. The Morgan fingerprint density at radius 3 is 2.57 bits per heavy atom. The van der Waals surface area contributed by atoms with E-state index in [0.717, 1.165) is 11.3 Å². The molecule has 1 aromatic carbocycles. The van der Waals surface area contributed by atoms with E-state index in [1.54, 1.807) is 6.26 Å². The highest BCUT2D eigenvalue weighted by molar-refractivity contribution is 5.74. The third-order valence-electron chi connectivity index (χ3n) is 3.95. The van der Waals surface area contributed by atoms with Crippen molar-refractivity contribution in [2.75, 3.05) is 20.6 Å². The Balaban J connectivity index is 1.90. The summed E-state index contributed by atoms with van der Waals surface area (Å²) >= 11 is 0. The van der Waals surface area contributed by atoms with Crippen molar-refractivity contribution in [3.63, 3.8) is 0 Å². The van der Waals surface area contributed by atoms with Crippen LogP contribution in [0, 0.1) is 6.92 Å². The van der Waals surface area contributed by atoms with Crippen LogP contribution in [0.5, 0.6) is 0 Å². The van der Waals surface area contributed by atoms with E-state index in [4.69, 9.17) is 4.42 Å². The fourth-order valence-corrected chi connectivity index (χ4v) is 2.61. The van der Waals surface area contributed by atoms with Gasteiger partial charge in [-0.3, -0.25) is 4.90 Å². The predicted molar refractivity (Wildman–Crippen MR) is 91.3 cm³/mol. The number of hydrogen-bond acceptors (Lipinski definition) is 3. The number of likely N-dealkylation sites (N-methyl/N-ethyl adjacent to an activating group) is 1. The van der Waals surface area contributed by atoms with Gasteiger partial charge in [0.25, 0.3) is 0 Å². The van der Waals surface area contributed by atoms with Crippen molar-refractivity contribution in [3.05, 3.63) is 59.5 Å². The van der Waals surface area contributed by atoms with E-state index in [-0.39, 0.29) is 18.1 Å². The van der Waals surface area contributed by atoms with E-state index in [1.807, 2.05) is 69.2 Å². The van der Waals surface area contributed by atoms with Gasteiger partial charge in [-0.2, -0.15) is 0 Å². The molecule has 0 aliphatic heterocycles. The van der Waals surface area contributed by atoms with Crippen molar-refractivity contribution >= 4 is 6.03 Å². The van der Waals surface area contributed by atoms with E-state index in [1.165, 1.54) is 5.56 Å². The van der Waals surface area contributed by atoms with Crippen LogP contribution < -0.4 is 10.6 Å². The van der Waals surface area contributed by atoms with Crippen LogP contribution in [0.2, 0.25) is 0 Å². The maximum Gasteiger partial charge on any atom is 0.315 e. The summed E-state index contributed by atoms with van der Waals surface area (Å²) in [6.07, 6.45) is 1.64. The molecule has 0 saturated heterocycles. The quantitative estimate of drug-likeness (QED) is 0.860. The van der Waals surface area contributed by atoms with Crippen LogP contribution in [-0.4, -0.2) is 31.6 Å². The monoisotopic (exact) mass is 315 g/mol. The molecule has 0 fully saturated rings. The Bertz CT molecular complexity index is 623. The maximum atomic E-state index is 12.2. The van der Waals surface area contributed by atoms with Crippen molar-refractivity contribution in [1.82, 2.24) is 15.5 Å². The van der Waals surface area contributed by atoms with E-state index >= 15 is 0 Å². The first-order chi connectivity index (χ1) is 11.0. The highest BCUT2D eigenvalue weighted by atomic mass is 16.3. The standard InChI is InChI=1S/C18H25N3O2/c1-13-8-5-6-9-15(13)14(2)20-18(22)19-12-16(21(3)4)17-10-7-11-23-17/h5-11,14,16H,12H2,1-4H3,(H2,19,20,22). The van der Waals surface area contributed by atoms with Crippen molar-refractivity contribution in [1.29, 1.82) is 0 Å². The molecule has 0 bridgehead atoms. The molecule has 2 aromatic rings. The Hall–Kier alpha value is -2.27. The lowest BCUT2D eigenvalue weighted by Crippen LogP contribution is -2.41. The number of benzene rings is 1. The van der Waals surface area contributed by atoms with Crippen LogP contribution in [0.3, 0.4) is 0 Å². The Kier molecular flexibility index (Phi) is 5.82. The fourth-order valence-electron chi connectivity index (χ4n) is 2.61. The Morgan fingerprint density at radius 1 is 1.22 bits per heavy atom. The highest BCUT2D eigenvalue weighted by Crippen LogP contribution is 2.18. The topological polar surface area (TPSA) is 57.5 Å². The van der Waals surface area contributed by atoms with Crippen molar-refractivity contribution in [2.24, 2.45) is 0 Å². The summed E-state index contributed by atoms with van der Waals surface area (Å²) in [4.78, 5) is 14.2. The van der Waals surface area contributed by atoms with Gasteiger partial charge in [0.05, 0.1) is 18.3 Å². The number of amides is 2. The molecule has 1 aromatic heterocycles. The number of urea groups is 1. The third-order valence-corrected chi connectivity index (χ3v) is 3.95. The maximum absolute atomic E-state index is 12.2. The lowest BCUT2D eigenvalue weighted by molar-refractivity contribution is 0.223. The van der Waals surface area contributed by atoms with E-state index in [2.05, 4.69) is 10.6 Å². The highest BCUT2D eigenvalue weighted by Gasteiger charge is 2.18. The van der Waals surface area contributed by atoms with Gasteiger partial charge >= 0.3 is 6.03 Å². The van der Waals surface area contributed by atoms with Gasteiger partial charge in [0.15, 0.2) is 0 Å². The molecule has 0 spiro atoms. The lowest BCUT2D eigenvalue weighted by Gasteiger charge is -2.23. The minimum Gasteiger partial charge on any atom is -0.468 e. The predicted octanol–water partition coefficient (Wildman–Crippen LogP) is 3.25. The normalized spacial score (nSPS) is 13.6. The summed E-state index contributed by atoms with van der Waals surface area (Å²) in [6, 6.07) is 11.6. The zero-order chi connectivity index (χ0) is 16.8. The lowest BCUT2D eigenvalue weighted by atomic mass is 10.0. The molecule has 2 amide bonds. The SMILES string of the molecule is Cc1ccccc1C(C)NC(=O)NCC(c1ccco1)N(C)C. The van der Waals surface area contributed by atoms with Crippen LogP contribution >= 0.6 is 0 Å². The molecule has 1 heterocycles. The Morgan fingerprint density at radius 2 is 1.96 bits per heavy atom. The molecule has 2 unspecified atom stereocenters. The van der Waals surface area contributed by atoms with Gasteiger partial charge in [0.2, 0.25) is 0 Å². The second-order valence-corrected chi connectivity index (χ2v) is 5.93. The number of carbonyl (C=O) groups is 1. The molecule has 124 valence electrons. The van der Waals surface area contributed by atoms with Gasteiger partial charge in [-0.25, -0.2) is 4.79 Å². The van der Waals surface area contributed by atoms with Crippen LogP contribution in [0.25, 0.3) is 0 Å². The molecular weight excluding hydrogens is 290 g/mol. The van der Waals surface area contributed by atoms with Gasteiger partial charge in [0.1, 0.15) is 5.76 Å². The number of carbonyl (C=O) groups excluding carboxylic acids is 1. The molecular formula is C18H25N3O2. The van der Waals surface area contributed by atoms with Crippen molar-refractivity contribution in [2.45, 2.75) is 25.9 Å². The van der Waals surface area contributed by atoms with Gasteiger partial charge < -0.3 is 15.1 Å². The second kappa shape index (κ2) is 7.83. The zero-order valence-corrected chi connectivity index (χ0v) is 14.2. The van der Waals surface area contributed by atoms with Gasteiger partial charge in [-0.15, -0.1) is 0 Å². The molecule has 0 saturated carbocycles. The summed E-state index contributed by atoms with van der Waals surface area (Å²) in [6.45, 7) is 4.51. The summed E-state index contributed by atoms with van der Waals surface area (Å²) in [7, 11) is 3.92. The zero-order valence-electron chi connectivity index (χ0n) is 14.2. The van der Waals surface area contributed by atoms with Crippen LogP contribution in [0.4, 0.5) is 4.79 Å². The van der Waals surface area contributed by atoms with E-state index in [0.29, 0.717) is 6.54 Å². The molecule has 23 heavy (non-hydrogen) atoms. The van der Waals surface area contributed by atoms with Crippen molar-refractivity contribution < 1.29 is 9.21 Å². The number of furan rings is 1. The largest absolute Gasteiger partial charge is 0.468 e. The molecule has 5 nitrogen and oxygen atoms in total. The number of hydrogen-bond donors (Lipinski definition) is 2. The molecule has 2 atom stereocenters. The summed E-state index contributed by atoms with van der Waals surface area (Å²) in [5, 5.41) is 5.90. The van der Waals surface area contributed by atoms with Crippen molar-refractivity contribution in [3.8, 4) is 0 Å². The number of nitrogens with one attached hydrogen (secondary N) is 2. The third kappa shape index (κ3) is 4.60. The number of aryl methyl sites for hydroxylation is 1.